The number of phenols is 1. The highest BCUT2D eigenvalue weighted by atomic mass is 35.5. The van der Waals surface area contributed by atoms with Crippen LogP contribution < -0.4 is 14.9 Å². The first kappa shape index (κ1) is 29.1. The third-order valence-electron chi connectivity index (χ3n) is 4.93. The van der Waals surface area contributed by atoms with Crippen molar-refractivity contribution in [2.75, 3.05) is 14.2 Å². The number of benzene rings is 3. The molecule has 3 N–H and O–H groups in total. The van der Waals surface area contributed by atoms with Crippen LogP contribution in [0.25, 0.3) is 11.1 Å². The van der Waals surface area contributed by atoms with Gasteiger partial charge in [-0.25, -0.2) is 0 Å². The fourth-order valence-electron chi connectivity index (χ4n) is 3.09. The second-order valence-corrected chi connectivity index (χ2v) is 7.77. The van der Waals surface area contributed by atoms with Crippen molar-refractivity contribution in [3.8, 4) is 28.4 Å². The first-order valence-corrected chi connectivity index (χ1v) is 10.3. The highest BCUT2D eigenvalue weighted by molar-refractivity contribution is 6.59. The smallest absolute Gasteiger partial charge is 0.492 e. The molecule has 0 aliphatic heterocycles. The molecule has 3 aromatic carbocycles. The summed E-state index contributed by atoms with van der Waals surface area (Å²) in [4.78, 5) is 0. The zero-order chi connectivity index (χ0) is 27.4. The standard InChI is InChI=1S/C15H12ClF3O2.C8H8BF3O3/c1-8-5-13(20)10(7-12(8)16)11-6-9(15(17,18)19)3-4-14(11)21-2;1-15-7-3-2-5(8(10,11)12)4-6(7)9(13)14/h3-7,20H,1-2H3;2-4,13-14H,1H3. The summed E-state index contributed by atoms with van der Waals surface area (Å²) in [5.41, 5.74) is -1.14. The van der Waals surface area contributed by atoms with Gasteiger partial charge in [0.05, 0.1) is 25.3 Å². The molecule has 0 aliphatic carbocycles. The predicted octanol–water partition coefficient (Wildman–Crippen LogP) is 5.44. The fraction of sp³-hybridized carbons (Fsp3) is 0.217. The maximum atomic E-state index is 12.8. The van der Waals surface area contributed by atoms with E-state index in [1.807, 2.05) is 0 Å². The van der Waals surface area contributed by atoms with E-state index < -0.39 is 30.6 Å². The summed E-state index contributed by atoms with van der Waals surface area (Å²) in [6.07, 6.45) is -9.00. The maximum Gasteiger partial charge on any atom is 0.492 e. The summed E-state index contributed by atoms with van der Waals surface area (Å²) in [7, 11) is 0.579. The zero-order valence-electron chi connectivity index (χ0n) is 19.0. The monoisotopic (exact) mass is 536 g/mol. The summed E-state index contributed by atoms with van der Waals surface area (Å²) in [5.74, 6) is 0.0609. The zero-order valence-corrected chi connectivity index (χ0v) is 19.8. The lowest BCUT2D eigenvalue weighted by Crippen LogP contribution is -2.32. The number of ether oxygens (including phenoxy) is 2. The van der Waals surface area contributed by atoms with Crippen LogP contribution in [0.3, 0.4) is 0 Å². The van der Waals surface area contributed by atoms with Crippen molar-refractivity contribution in [3.63, 3.8) is 0 Å². The Bertz CT molecular complexity index is 1210. The van der Waals surface area contributed by atoms with Crippen LogP contribution in [-0.4, -0.2) is 36.5 Å². The van der Waals surface area contributed by atoms with Crippen molar-refractivity contribution in [1.82, 2.24) is 0 Å². The van der Waals surface area contributed by atoms with E-state index >= 15 is 0 Å². The van der Waals surface area contributed by atoms with Gasteiger partial charge in [-0.15, -0.1) is 0 Å². The van der Waals surface area contributed by atoms with Gasteiger partial charge in [0.25, 0.3) is 0 Å². The number of hydrogen-bond acceptors (Lipinski definition) is 5. The number of methoxy groups -OCH3 is 2. The van der Waals surface area contributed by atoms with E-state index in [9.17, 15) is 31.4 Å². The number of rotatable bonds is 4. The lowest BCUT2D eigenvalue weighted by atomic mass is 9.78. The molecule has 3 rings (SSSR count). The molecule has 0 amide bonds. The van der Waals surface area contributed by atoms with Gasteiger partial charge in [0.15, 0.2) is 0 Å². The van der Waals surface area contributed by atoms with E-state index in [4.69, 9.17) is 26.4 Å². The summed E-state index contributed by atoms with van der Waals surface area (Å²) in [6.45, 7) is 1.69. The van der Waals surface area contributed by atoms with Crippen LogP contribution in [0.2, 0.25) is 5.02 Å². The summed E-state index contributed by atoms with van der Waals surface area (Å²) < 4.78 is 85.0. The van der Waals surface area contributed by atoms with Crippen LogP contribution in [0.4, 0.5) is 26.3 Å². The lowest BCUT2D eigenvalue weighted by Gasteiger charge is -2.14. The van der Waals surface area contributed by atoms with Gasteiger partial charge in [0.1, 0.15) is 17.2 Å². The molecule has 3 aromatic rings. The molecular formula is C23H20BClF6O5. The van der Waals surface area contributed by atoms with E-state index in [-0.39, 0.29) is 33.8 Å². The molecule has 0 heterocycles. The molecule has 0 unspecified atom stereocenters. The van der Waals surface area contributed by atoms with Crippen molar-refractivity contribution in [1.29, 1.82) is 0 Å². The van der Waals surface area contributed by atoms with Crippen molar-refractivity contribution in [2.24, 2.45) is 0 Å². The van der Waals surface area contributed by atoms with Gasteiger partial charge in [-0.3, -0.25) is 0 Å². The molecule has 0 fully saturated rings. The second-order valence-electron chi connectivity index (χ2n) is 7.36. The van der Waals surface area contributed by atoms with Gasteiger partial charge in [-0.1, -0.05) is 11.6 Å². The third kappa shape index (κ3) is 6.99. The Kier molecular flexibility index (Phi) is 9.16. The number of phenolic OH excluding ortho intramolecular Hbond substituents is 1. The van der Waals surface area contributed by atoms with Crippen LogP contribution >= 0.6 is 11.6 Å². The Morgan fingerprint density at radius 2 is 1.25 bits per heavy atom. The third-order valence-corrected chi connectivity index (χ3v) is 5.34. The molecule has 0 saturated heterocycles. The van der Waals surface area contributed by atoms with E-state index in [1.54, 1.807) is 6.92 Å². The van der Waals surface area contributed by atoms with E-state index in [1.165, 1.54) is 32.4 Å². The molecular weight excluding hydrogens is 517 g/mol. The molecule has 0 bridgehead atoms. The quantitative estimate of drug-likeness (QED) is 0.306. The molecule has 0 aromatic heterocycles. The summed E-state index contributed by atoms with van der Waals surface area (Å²) in [5, 5.41) is 28.0. The van der Waals surface area contributed by atoms with Crippen LogP contribution in [0.15, 0.2) is 48.5 Å². The number of aromatic hydroxyl groups is 1. The molecule has 0 spiro atoms. The van der Waals surface area contributed by atoms with Crippen LogP contribution in [0.5, 0.6) is 17.2 Å². The molecule has 0 saturated carbocycles. The van der Waals surface area contributed by atoms with Gasteiger partial charge in [-0.05, 0) is 61.0 Å². The highest BCUT2D eigenvalue weighted by Gasteiger charge is 2.33. The topological polar surface area (TPSA) is 79.2 Å². The minimum Gasteiger partial charge on any atom is -0.507 e. The average Bonchev–Trinajstić information content (AvgIpc) is 2.79. The van der Waals surface area contributed by atoms with Crippen molar-refractivity contribution >= 4 is 24.2 Å². The molecule has 5 nitrogen and oxygen atoms in total. The van der Waals surface area contributed by atoms with E-state index in [2.05, 4.69) is 4.74 Å². The van der Waals surface area contributed by atoms with Gasteiger partial charge in [-0.2, -0.15) is 26.3 Å². The average molecular weight is 537 g/mol. The molecule has 36 heavy (non-hydrogen) atoms. The van der Waals surface area contributed by atoms with E-state index in [0.717, 1.165) is 24.3 Å². The van der Waals surface area contributed by atoms with Crippen molar-refractivity contribution < 1.29 is 51.0 Å². The molecule has 0 aliphatic rings. The molecule has 194 valence electrons. The lowest BCUT2D eigenvalue weighted by molar-refractivity contribution is -0.138. The normalized spacial score (nSPS) is 11.4. The first-order valence-electron chi connectivity index (χ1n) is 9.96. The second kappa shape index (κ2) is 11.3. The number of alkyl halides is 6. The van der Waals surface area contributed by atoms with Gasteiger partial charge in [0, 0.05) is 21.6 Å². The van der Waals surface area contributed by atoms with Crippen LogP contribution in [0.1, 0.15) is 16.7 Å². The number of hydrogen-bond donors (Lipinski definition) is 3. The Hall–Kier alpha value is -3.09. The Balaban J connectivity index is 0.000000269. The SMILES string of the molecule is COc1ccc(C(F)(F)F)cc1-c1cc(Cl)c(C)cc1O.COc1ccc(C(F)(F)F)cc1B(O)O. The number of halogens is 7. The molecule has 0 atom stereocenters. The Labute approximate surface area is 207 Å². The summed E-state index contributed by atoms with van der Waals surface area (Å²) >= 11 is 5.99. The van der Waals surface area contributed by atoms with Gasteiger partial charge in [0.2, 0.25) is 0 Å². The highest BCUT2D eigenvalue weighted by Crippen LogP contribution is 2.41. The van der Waals surface area contributed by atoms with Crippen molar-refractivity contribution in [2.45, 2.75) is 19.3 Å². The maximum absolute atomic E-state index is 12.8. The van der Waals surface area contributed by atoms with Gasteiger partial charge >= 0.3 is 19.5 Å². The minimum atomic E-state index is -4.52. The van der Waals surface area contributed by atoms with Gasteiger partial charge < -0.3 is 24.6 Å². The fourth-order valence-corrected chi connectivity index (χ4v) is 3.25. The Morgan fingerprint density at radius 1 is 0.750 bits per heavy atom. The minimum absolute atomic E-state index is 0.00185. The van der Waals surface area contributed by atoms with Crippen LogP contribution in [0, 0.1) is 6.92 Å². The van der Waals surface area contributed by atoms with E-state index in [0.29, 0.717) is 16.7 Å². The van der Waals surface area contributed by atoms with Crippen LogP contribution in [-0.2, 0) is 12.4 Å². The Morgan fingerprint density at radius 3 is 1.72 bits per heavy atom. The predicted molar refractivity (Wildman–Crippen MR) is 123 cm³/mol. The summed E-state index contributed by atoms with van der Waals surface area (Å²) in [6, 6.07) is 8.38. The number of aryl methyl sites for hydroxylation is 1. The van der Waals surface area contributed by atoms with Crippen molar-refractivity contribution in [3.05, 3.63) is 70.2 Å². The first-order chi connectivity index (χ1) is 16.6. The molecule has 0 radical (unpaired) electrons. The molecule has 13 heteroatoms. The largest absolute Gasteiger partial charge is 0.507 e.